The Balaban J connectivity index is 1.26. The van der Waals surface area contributed by atoms with Crippen LogP contribution in [0.2, 0.25) is 5.02 Å². The molecule has 4 unspecified atom stereocenters. The van der Waals surface area contributed by atoms with Crippen molar-refractivity contribution in [2.45, 2.75) is 76.9 Å². The molecule has 43 heavy (non-hydrogen) atoms. The molecule has 0 bridgehead atoms. The van der Waals surface area contributed by atoms with E-state index in [1.807, 2.05) is 22.9 Å². The summed E-state index contributed by atoms with van der Waals surface area (Å²) >= 11 is 7.54. The molecule has 0 radical (unpaired) electrons. The van der Waals surface area contributed by atoms with Crippen LogP contribution >= 0.6 is 32.1 Å². The Labute approximate surface area is 262 Å². The van der Waals surface area contributed by atoms with Crippen molar-refractivity contribution in [1.82, 2.24) is 29.4 Å². The highest BCUT2D eigenvalue weighted by molar-refractivity contribution is 7.96. The fraction of sp³-hybridized carbons (Fsp3) is 0.571. The highest BCUT2D eigenvalue weighted by Crippen LogP contribution is 2.42. The maximum Gasteiger partial charge on any atom is 0.326 e. The fourth-order valence-corrected chi connectivity index (χ4v) is 7.03. The molecule has 0 spiro atoms. The molecule has 2 aliphatic rings. The maximum absolute atomic E-state index is 13.1. The summed E-state index contributed by atoms with van der Waals surface area (Å²) in [4.78, 5) is 29.7. The molecule has 2 N–H and O–H groups in total. The minimum Gasteiger partial charge on any atom is -0.461 e. The molecule has 2 fully saturated rings. The average molecular weight is 652 g/mol. The number of esters is 1. The van der Waals surface area contributed by atoms with E-state index in [1.54, 1.807) is 44.4 Å². The molecule has 2 aromatic heterocycles. The van der Waals surface area contributed by atoms with Crippen LogP contribution in [0.15, 0.2) is 36.9 Å². The number of hydrazine groups is 1. The van der Waals surface area contributed by atoms with Gasteiger partial charge in [0.2, 0.25) is 0 Å². The molecule has 1 saturated heterocycles. The summed E-state index contributed by atoms with van der Waals surface area (Å²) < 4.78 is 26.7. The largest absolute Gasteiger partial charge is 0.461 e. The van der Waals surface area contributed by atoms with Crippen LogP contribution in [0.4, 0.5) is 5.82 Å². The van der Waals surface area contributed by atoms with Crippen LogP contribution in [0.1, 0.15) is 59.1 Å². The molecule has 3 heterocycles. The number of imidazole rings is 1. The van der Waals surface area contributed by atoms with Gasteiger partial charge in [-0.3, -0.25) is 14.4 Å². The molecule has 12 nitrogen and oxygen atoms in total. The highest BCUT2D eigenvalue weighted by Gasteiger charge is 2.39. The quantitative estimate of drug-likeness (QED) is 0.100. The summed E-state index contributed by atoms with van der Waals surface area (Å²) in [5.41, 5.74) is 0.340. The smallest absolute Gasteiger partial charge is 0.326 e. The molecule has 1 aliphatic heterocycles. The minimum absolute atomic E-state index is 0.0361. The van der Waals surface area contributed by atoms with Crippen molar-refractivity contribution >= 4 is 55.0 Å². The van der Waals surface area contributed by atoms with E-state index in [-0.39, 0.29) is 36.9 Å². The van der Waals surface area contributed by atoms with Gasteiger partial charge in [0.1, 0.15) is 29.9 Å². The summed E-state index contributed by atoms with van der Waals surface area (Å²) in [7, 11) is 0.136. The van der Waals surface area contributed by atoms with Crippen molar-refractivity contribution in [2.75, 3.05) is 24.9 Å². The highest BCUT2D eigenvalue weighted by atomic mass is 35.5. The van der Waals surface area contributed by atoms with Crippen molar-refractivity contribution in [1.29, 1.82) is 0 Å². The third kappa shape index (κ3) is 7.89. The van der Waals surface area contributed by atoms with E-state index >= 15 is 0 Å². The van der Waals surface area contributed by atoms with Gasteiger partial charge in [-0.25, -0.2) is 20.0 Å². The van der Waals surface area contributed by atoms with Gasteiger partial charge in [0.05, 0.1) is 19.0 Å². The summed E-state index contributed by atoms with van der Waals surface area (Å²) in [6.45, 7) is 5.96. The van der Waals surface area contributed by atoms with E-state index in [9.17, 15) is 4.79 Å². The molecule has 5 rings (SSSR count). The molecule has 15 heteroatoms. The first-order valence-corrected chi connectivity index (χ1v) is 17.1. The molecule has 4 atom stereocenters. The third-order valence-corrected chi connectivity index (χ3v) is 9.66. The molecular weight excluding hydrogens is 613 g/mol. The first kappa shape index (κ1) is 32.2. The van der Waals surface area contributed by atoms with Gasteiger partial charge in [0.15, 0.2) is 17.0 Å². The zero-order valence-corrected chi connectivity index (χ0v) is 27.5. The first-order valence-electron chi connectivity index (χ1n) is 14.4. The van der Waals surface area contributed by atoms with Crippen LogP contribution in [0.3, 0.4) is 0 Å². The van der Waals surface area contributed by atoms with Crippen molar-refractivity contribution in [3.8, 4) is 5.75 Å². The van der Waals surface area contributed by atoms with E-state index < -0.39 is 14.1 Å². The molecule has 1 saturated carbocycles. The monoisotopic (exact) mass is 651 g/mol. The average Bonchev–Trinajstić information content (AvgIpc) is 3.73. The number of halogens is 1. The molecule has 0 amide bonds. The van der Waals surface area contributed by atoms with Gasteiger partial charge in [-0.05, 0) is 76.5 Å². The van der Waals surface area contributed by atoms with E-state index in [1.165, 1.54) is 18.3 Å². The van der Waals surface area contributed by atoms with Crippen molar-refractivity contribution in [2.24, 2.45) is 5.92 Å². The first-order chi connectivity index (χ1) is 20.6. The van der Waals surface area contributed by atoms with Gasteiger partial charge in [0, 0.05) is 18.0 Å². The number of hydrogen-bond donors (Lipinski definition) is 2. The number of aromatic nitrogens is 4. The molecule has 1 aliphatic carbocycles. The third-order valence-electron chi connectivity index (χ3n) is 7.45. The Kier molecular flexibility index (Phi) is 10.6. The van der Waals surface area contributed by atoms with Gasteiger partial charge >= 0.3 is 14.5 Å². The topological polar surface area (TPSA) is 125 Å². The Morgan fingerprint density at radius 2 is 1.98 bits per heavy atom. The standard InChI is InChI=1S/C28H39ClN7O5PS/c1-18-14-22(39-26(18)36-17-32-23-24(35(4)34-43-5)30-16-31-25(23)36)15-38-42(41-21-12-10-19(29)11-13-21)33-28(2,3)27(37)40-20-8-6-7-9-20/h10-13,16-18,20,22,26,33-34H,6-9,14-15H2,1-5H3. The van der Waals surface area contributed by atoms with E-state index in [0.29, 0.717) is 27.8 Å². The van der Waals surface area contributed by atoms with E-state index in [4.69, 9.17) is 30.1 Å². The lowest BCUT2D eigenvalue weighted by Gasteiger charge is -2.30. The fourth-order valence-electron chi connectivity index (χ4n) is 5.22. The second-order valence-electron chi connectivity index (χ2n) is 11.4. The predicted octanol–water partition coefficient (Wildman–Crippen LogP) is 5.80. The number of ether oxygens (including phenoxy) is 2. The van der Waals surface area contributed by atoms with E-state index in [0.717, 1.165) is 32.1 Å². The van der Waals surface area contributed by atoms with Gasteiger partial charge in [-0.2, -0.15) is 4.83 Å². The molecule has 1 aromatic carbocycles. The predicted molar refractivity (Wildman–Crippen MR) is 169 cm³/mol. The van der Waals surface area contributed by atoms with Crippen LogP contribution in [0.5, 0.6) is 5.75 Å². The van der Waals surface area contributed by atoms with Crippen LogP contribution in [0, 0.1) is 5.92 Å². The van der Waals surface area contributed by atoms with Gasteiger partial charge in [-0.1, -0.05) is 30.5 Å². The summed E-state index contributed by atoms with van der Waals surface area (Å²) in [5.74, 6) is 1.09. The number of hydrogen-bond acceptors (Lipinski definition) is 12. The summed E-state index contributed by atoms with van der Waals surface area (Å²) in [6, 6.07) is 7.03. The lowest BCUT2D eigenvalue weighted by molar-refractivity contribution is -0.154. The van der Waals surface area contributed by atoms with E-state index in [2.05, 4.69) is 31.8 Å². The van der Waals surface area contributed by atoms with Crippen molar-refractivity contribution < 1.29 is 23.3 Å². The van der Waals surface area contributed by atoms with Gasteiger partial charge in [0.25, 0.3) is 0 Å². The Morgan fingerprint density at radius 1 is 1.23 bits per heavy atom. The number of benzene rings is 1. The second-order valence-corrected chi connectivity index (χ2v) is 13.6. The SMILES string of the molecule is CSNN(C)c1ncnc2c1ncn2C1OC(COP(NC(C)(C)C(=O)OC2CCCC2)Oc2ccc(Cl)cc2)CC1C. The lowest BCUT2D eigenvalue weighted by Crippen LogP contribution is -2.47. The van der Waals surface area contributed by atoms with Crippen molar-refractivity contribution in [3.05, 3.63) is 41.9 Å². The second kappa shape index (κ2) is 14.2. The van der Waals surface area contributed by atoms with Crippen LogP contribution < -0.4 is 19.5 Å². The number of rotatable bonds is 13. The number of carbonyl (C=O) groups excluding carboxylic acids is 1. The van der Waals surface area contributed by atoms with Crippen molar-refractivity contribution in [3.63, 3.8) is 0 Å². The summed E-state index contributed by atoms with van der Waals surface area (Å²) in [5, 5.41) is 5.68. The number of carbonyl (C=O) groups is 1. The number of anilines is 1. The van der Waals surface area contributed by atoms with Crippen LogP contribution in [-0.4, -0.2) is 63.1 Å². The molecule has 3 aromatic rings. The maximum atomic E-state index is 13.1. The summed E-state index contributed by atoms with van der Waals surface area (Å²) in [6.07, 6.45) is 9.40. The molecular formula is C28H39ClN7O5PS. The normalized spacial score (nSPS) is 21.8. The number of nitrogens with zero attached hydrogens (tertiary/aromatic N) is 5. The van der Waals surface area contributed by atoms with Crippen LogP contribution in [0.25, 0.3) is 11.2 Å². The zero-order chi connectivity index (χ0) is 30.6. The lowest BCUT2D eigenvalue weighted by atomic mass is 10.1. The Morgan fingerprint density at radius 3 is 2.70 bits per heavy atom. The number of fused-ring (bicyclic) bond motifs is 1. The minimum atomic E-state index is -1.75. The van der Waals surface area contributed by atoms with Gasteiger partial charge in [-0.15, -0.1) is 0 Å². The molecule has 234 valence electrons. The number of nitrogens with one attached hydrogen (secondary N) is 2. The Bertz CT molecular complexity index is 1380. The Hall–Kier alpha value is -2.25. The zero-order valence-electron chi connectivity index (χ0n) is 25.0. The van der Waals surface area contributed by atoms with Crippen LogP contribution in [-0.2, 0) is 18.8 Å². The van der Waals surface area contributed by atoms with Gasteiger partial charge < -0.3 is 18.5 Å².